The summed E-state index contributed by atoms with van der Waals surface area (Å²) in [5.74, 6) is 0.794. The molecular weight excluding hydrogens is 336 g/mol. The van der Waals surface area contributed by atoms with Crippen LogP contribution in [0.2, 0.25) is 0 Å². The van der Waals surface area contributed by atoms with Crippen LogP contribution in [0.25, 0.3) is 0 Å². The first-order valence-corrected chi connectivity index (χ1v) is 8.18. The van der Waals surface area contributed by atoms with Gasteiger partial charge >= 0.3 is 0 Å². The highest BCUT2D eigenvalue weighted by atomic mass is 16.7. The molecule has 2 N–H and O–H groups in total. The number of carbonyl (C=O) groups is 2. The second kappa shape index (κ2) is 7.35. The Balaban J connectivity index is 1.56. The molecule has 1 aliphatic heterocycles. The van der Waals surface area contributed by atoms with E-state index in [-0.39, 0.29) is 6.79 Å². The molecule has 0 aromatic heterocycles. The molecule has 0 saturated carbocycles. The zero-order chi connectivity index (χ0) is 18.7. The molecule has 1 aliphatic rings. The van der Waals surface area contributed by atoms with Gasteiger partial charge in [-0.25, -0.2) is 0 Å². The summed E-state index contributed by atoms with van der Waals surface area (Å²) >= 11 is 0. The van der Waals surface area contributed by atoms with Crippen molar-refractivity contribution >= 4 is 11.8 Å². The van der Waals surface area contributed by atoms with Crippen LogP contribution in [-0.4, -0.2) is 24.7 Å². The standard InChI is InChI=1S/C19H20N2O5/c1-11-5-4-6-15(12(11)2)26-13(3)18(22)20-21-19(23)14-7-8-16-17(9-14)25-10-24-16/h4-9,13H,10H2,1-3H3,(H,20,22)(H,21,23). The van der Waals surface area contributed by atoms with Gasteiger partial charge in [-0.1, -0.05) is 12.1 Å². The summed E-state index contributed by atoms with van der Waals surface area (Å²) in [7, 11) is 0. The quantitative estimate of drug-likeness (QED) is 0.821. The summed E-state index contributed by atoms with van der Waals surface area (Å²) in [6, 6.07) is 10.4. The number of fused-ring (bicyclic) bond motifs is 1. The Morgan fingerprint density at radius 3 is 2.65 bits per heavy atom. The van der Waals surface area contributed by atoms with Crippen LogP contribution >= 0.6 is 0 Å². The van der Waals surface area contributed by atoms with Crippen molar-refractivity contribution in [2.24, 2.45) is 0 Å². The number of rotatable bonds is 4. The number of ether oxygens (including phenoxy) is 3. The third-order valence-corrected chi connectivity index (χ3v) is 4.16. The zero-order valence-corrected chi connectivity index (χ0v) is 14.8. The van der Waals surface area contributed by atoms with Gasteiger partial charge in [-0.3, -0.25) is 20.4 Å². The Kier molecular flexibility index (Phi) is 4.97. The molecule has 0 spiro atoms. The molecule has 2 aromatic carbocycles. The molecule has 1 heterocycles. The van der Waals surface area contributed by atoms with Gasteiger partial charge in [0.1, 0.15) is 5.75 Å². The maximum atomic E-state index is 12.2. The Hall–Kier alpha value is -3.22. The van der Waals surface area contributed by atoms with Gasteiger partial charge in [-0.2, -0.15) is 0 Å². The average molecular weight is 356 g/mol. The maximum Gasteiger partial charge on any atom is 0.279 e. The molecule has 1 unspecified atom stereocenters. The Labute approximate surface area is 151 Å². The van der Waals surface area contributed by atoms with E-state index in [1.54, 1.807) is 31.2 Å². The van der Waals surface area contributed by atoms with E-state index in [0.717, 1.165) is 11.1 Å². The van der Waals surface area contributed by atoms with Gasteiger partial charge in [-0.05, 0) is 56.2 Å². The van der Waals surface area contributed by atoms with Crippen LogP contribution in [0.5, 0.6) is 17.2 Å². The summed E-state index contributed by atoms with van der Waals surface area (Å²) in [6.07, 6.45) is -0.771. The van der Waals surface area contributed by atoms with Crippen LogP contribution in [0.4, 0.5) is 0 Å². The van der Waals surface area contributed by atoms with Crippen molar-refractivity contribution in [3.8, 4) is 17.2 Å². The smallest absolute Gasteiger partial charge is 0.279 e. The van der Waals surface area contributed by atoms with Gasteiger partial charge < -0.3 is 14.2 Å². The van der Waals surface area contributed by atoms with E-state index in [4.69, 9.17) is 14.2 Å². The second-order valence-electron chi connectivity index (χ2n) is 5.97. The number of benzene rings is 2. The van der Waals surface area contributed by atoms with E-state index >= 15 is 0 Å². The lowest BCUT2D eigenvalue weighted by Crippen LogP contribution is -2.47. The first-order valence-electron chi connectivity index (χ1n) is 8.18. The third-order valence-electron chi connectivity index (χ3n) is 4.16. The molecule has 1 atom stereocenters. The van der Waals surface area contributed by atoms with E-state index in [9.17, 15) is 9.59 Å². The molecule has 136 valence electrons. The molecule has 7 heteroatoms. The fraction of sp³-hybridized carbons (Fsp3) is 0.263. The predicted octanol–water partition coefficient (Wildman–Crippen LogP) is 2.26. The van der Waals surface area contributed by atoms with Crippen LogP contribution < -0.4 is 25.1 Å². The maximum absolute atomic E-state index is 12.2. The van der Waals surface area contributed by atoms with Crippen molar-refractivity contribution in [2.75, 3.05) is 6.79 Å². The van der Waals surface area contributed by atoms with Gasteiger partial charge in [0.2, 0.25) is 6.79 Å². The van der Waals surface area contributed by atoms with Gasteiger partial charge in [0.05, 0.1) is 0 Å². The zero-order valence-electron chi connectivity index (χ0n) is 14.8. The Bertz CT molecular complexity index is 850. The van der Waals surface area contributed by atoms with Crippen LogP contribution in [0.1, 0.15) is 28.4 Å². The first-order chi connectivity index (χ1) is 12.5. The van der Waals surface area contributed by atoms with Gasteiger partial charge in [0.25, 0.3) is 11.8 Å². The number of nitrogens with one attached hydrogen (secondary N) is 2. The van der Waals surface area contributed by atoms with Gasteiger partial charge in [0, 0.05) is 5.56 Å². The number of carbonyl (C=O) groups excluding carboxylic acids is 2. The van der Waals surface area contributed by atoms with Crippen LogP contribution in [0.15, 0.2) is 36.4 Å². The summed E-state index contributed by atoms with van der Waals surface area (Å²) < 4.78 is 16.1. The Morgan fingerprint density at radius 1 is 1.08 bits per heavy atom. The molecule has 0 fully saturated rings. The predicted molar refractivity (Wildman–Crippen MR) is 94.2 cm³/mol. The number of hydrogen-bond acceptors (Lipinski definition) is 5. The molecule has 0 saturated heterocycles. The van der Waals surface area contributed by atoms with Gasteiger partial charge in [0.15, 0.2) is 17.6 Å². The molecule has 0 aliphatic carbocycles. The lowest BCUT2D eigenvalue weighted by atomic mass is 10.1. The van der Waals surface area contributed by atoms with Gasteiger partial charge in [-0.15, -0.1) is 0 Å². The summed E-state index contributed by atoms with van der Waals surface area (Å²) in [5.41, 5.74) is 7.12. The van der Waals surface area contributed by atoms with E-state index in [1.165, 1.54) is 0 Å². The largest absolute Gasteiger partial charge is 0.481 e. The number of hydrogen-bond donors (Lipinski definition) is 2. The van der Waals surface area contributed by atoms with Crippen molar-refractivity contribution < 1.29 is 23.8 Å². The SMILES string of the molecule is Cc1cccc(OC(C)C(=O)NNC(=O)c2ccc3c(c2)OCO3)c1C. The second-order valence-corrected chi connectivity index (χ2v) is 5.97. The number of amides is 2. The first kappa shape index (κ1) is 17.6. The minimum Gasteiger partial charge on any atom is -0.481 e. The molecule has 0 radical (unpaired) electrons. The van der Waals surface area contributed by atoms with Crippen LogP contribution in [-0.2, 0) is 4.79 Å². The lowest BCUT2D eigenvalue weighted by molar-refractivity contribution is -0.128. The highest BCUT2D eigenvalue weighted by Crippen LogP contribution is 2.32. The molecular formula is C19H20N2O5. The van der Waals surface area contributed by atoms with Crippen molar-refractivity contribution in [3.05, 3.63) is 53.1 Å². The van der Waals surface area contributed by atoms with Crippen molar-refractivity contribution in [2.45, 2.75) is 26.9 Å². The van der Waals surface area contributed by atoms with Crippen molar-refractivity contribution in [1.82, 2.24) is 10.9 Å². The molecule has 7 nitrogen and oxygen atoms in total. The highest BCUT2D eigenvalue weighted by molar-refractivity contribution is 5.96. The highest BCUT2D eigenvalue weighted by Gasteiger charge is 2.19. The number of hydrazine groups is 1. The summed E-state index contributed by atoms with van der Waals surface area (Å²) in [6.45, 7) is 5.64. The fourth-order valence-electron chi connectivity index (χ4n) is 2.43. The minimum absolute atomic E-state index is 0.129. The average Bonchev–Trinajstić information content (AvgIpc) is 3.10. The van der Waals surface area contributed by atoms with Crippen molar-refractivity contribution in [3.63, 3.8) is 0 Å². The monoisotopic (exact) mass is 356 g/mol. The minimum atomic E-state index is -0.771. The lowest BCUT2D eigenvalue weighted by Gasteiger charge is -2.17. The molecule has 2 amide bonds. The molecule has 2 aromatic rings. The van der Waals surface area contributed by atoms with E-state index < -0.39 is 17.9 Å². The third kappa shape index (κ3) is 3.72. The summed E-state index contributed by atoms with van der Waals surface area (Å²) in [5, 5.41) is 0. The molecule has 0 bridgehead atoms. The van der Waals surface area contributed by atoms with Crippen LogP contribution in [0.3, 0.4) is 0 Å². The molecule has 26 heavy (non-hydrogen) atoms. The topological polar surface area (TPSA) is 85.9 Å². The number of aryl methyl sites for hydroxylation is 1. The molecule has 3 rings (SSSR count). The summed E-state index contributed by atoms with van der Waals surface area (Å²) in [4.78, 5) is 24.3. The van der Waals surface area contributed by atoms with E-state index in [2.05, 4.69) is 10.9 Å². The van der Waals surface area contributed by atoms with E-state index in [0.29, 0.717) is 22.8 Å². The van der Waals surface area contributed by atoms with E-state index in [1.807, 2.05) is 26.0 Å². The van der Waals surface area contributed by atoms with Crippen LogP contribution in [0, 0.1) is 13.8 Å². The van der Waals surface area contributed by atoms with Crippen molar-refractivity contribution in [1.29, 1.82) is 0 Å². The Morgan fingerprint density at radius 2 is 1.85 bits per heavy atom. The normalized spacial score (nSPS) is 13.0. The fourth-order valence-corrected chi connectivity index (χ4v) is 2.43.